The van der Waals surface area contributed by atoms with Crippen LogP contribution >= 0.6 is 0 Å². The molecule has 0 saturated carbocycles. The lowest BCUT2D eigenvalue weighted by atomic mass is 9.98. The highest BCUT2D eigenvalue weighted by atomic mass is 16.7. The van der Waals surface area contributed by atoms with E-state index < -0.39 is 99.3 Å². The number of unbranched alkanes of at least 4 members (excludes halogenated alkanes) is 1. The summed E-state index contributed by atoms with van der Waals surface area (Å²) in [7, 11) is 0. The lowest BCUT2D eigenvalue weighted by Crippen LogP contribution is -2.61. The van der Waals surface area contributed by atoms with Crippen molar-refractivity contribution < 1.29 is 73.8 Å². The summed E-state index contributed by atoms with van der Waals surface area (Å²) in [4.78, 5) is 25.6. The molecule has 0 aromatic heterocycles. The molecule has 0 radical (unpaired) electrons. The molecular weight excluding hydrogens is 841 g/mol. The van der Waals surface area contributed by atoms with Crippen molar-refractivity contribution in [2.24, 2.45) is 0 Å². The van der Waals surface area contributed by atoms with Crippen molar-refractivity contribution in [1.29, 1.82) is 0 Å². The quantitative estimate of drug-likeness (QED) is 0.0211. The predicted octanol–water partition coefficient (Wildman–Crippen LogP) is 4.98. The number of carbonyl (C=O) groups is 2. The van der Waals surface area contributed by atoms with Crippen LogP contribution in [0, 0.1) is 0 Å². The van der Waals surface area contributed by atoms with E-state index in [4.69, 9.17) is 28.4 Å². The molecule has 2 fully saturated rings. The summed E-state index contributed by atoms with van der Waals surface area (Å²) in [5, 5.41) is 71.9. The maximum Gasteiger partial charge on any atom is 0.306 e. The first-order valence-corrected chi connectivity index (χ1v) is 22.7. The molecule has 0 bridgehead atoms. The Morgan fingerprint density at radius 1 is 0.508 bits per heavy atom. The van der Waals surface area contributed by atoms with Gasteiger partial charge in [-0.15, -0.1) is 0 Å². The van der Waals surface area contributed by atoms with Crippen molar-refractivity contribution in [3.05, 3.63) is 122 Å². The summed E-state index contributed by atoms with van der Waals surface area (Å²) in [6.45, 7) is 2.11. The van der Waals surface area contributed by atoms with Gasteiger partial charge in [-0.1, -0.05) is 135 Å². The van der Waals surface area contributed by atoms with Crippen LogP contribution in [-0.4, -0.2) is 142 Å². The maximum absolute atomic E-state index is 12.9. The Labute approximate surface area is 384 Å². The van der Waals surface area contributed by atoms with Crippen LogP contribution < -0.4 is 0 Å². The average Bonchev–Trinajstić information content (AvgIpc) is 3.30. The van der Waals surface area contributed by atoms with E-state index in [1.54, 1.807) is 0 Å². The Hall–Kier alpha value is -4.10. The smallest absolute Gasteiger partial charge is 0.306 e. The minimum atomic E-state index is -1.80. The second-order valence-electron chi connectivity index (χ2n) is 15.2. The highest BCUT2D eigenvalue weighted by Gasteiger charge is 2.47. The van der Waals surface area contributed by atoms with Crippen molar-refractivity contribution in [3.63, 3.8) is 0 Å². The molecule has 11 atom stereocenters. The van der Waals surface area contributed by atoms with Gasteiger partial charge in [0.1, 0.15) is 55.4 Å². The number of hydrogen-bond acceptors (Lipinski definition) is 15. The fourth-order valence-corrected chi connectivity index (χ4v) is 6.12. The fourth-order valence-electron chi connectivity index (χ4n) is 6.12. The molecule has 0 spiro atoms. The lowest BCUT2D eigenvalue weighted by Gasteiger charge is -2.42. The zero-order valence-electron chi connectivity index (χ0n) is 37.9. The molecule has 0 aromatic carbocycles. The Bertz CT molecular complexity index is 1590. The Morgan fingerprint density at radius 2 is 1.00 bits per heavy atom. The molecule has 2 heterocycles. The van der Waals surface area contributed by atoms with Gasteiger partial charge in [0.05, 0.1) is 19.8 Å². The van der Waals surface area contributed by atoms with Crippen LogP contribution in [0.1, 0.15) is 84.5 Å². The number of esters is 2. The molecular formula is C50H74O15. The van der Waals surface area contributed by atoms with Gasteiger partial charge in [-0.25, -0.2) is 0 Å². The molecule has 65 heavy (non-hydrogen) atoms. The van der Waals surface area contributed by atoms with E-state index in [9.17, 15) is 45.3 Å². The van der Waals surface area contributed by atoms with E-state index in [-0.39, 0.29) is 19.4 Å². The minimum Gasteiger partial charge on any atom is -0.462 e. The molecule has 0 amide bonds. The summed E-state index contributed by atoms with van der Waals surface area (Å²) in [5.74, 6) is -1.13. The predicted molar refractivity (Wildman–Crippen MR) is 247 cm³/mol. The number of ether oxygens (including phenoxy) is 6. The molecule has 0 aliphatic carbocycles. The normalized spacial score (nSPS) is 27.5. The van der Waals surface area contributed by atoms with Crippen LogP contribution in [0.5, 0.6) is 0 Å². The number of aliphatic hydroxyl groups excluding tert-OH is 7. The third-order valence-electron chi connectivity index (χ3n) is 9.83. The van der Waals surface area contributed by atoms with Gasteiger partial charge in [-0.2, -0.15) is 0 Å². The second-order valence-corrected chi connectivity index (χ2v) is 15.2. The first kappa shape index (κ1) is 57.0. The summed E-state index contributed by atoms with van der Waals surface area (Å²) in [6, 6.07) is 0. The summed E-state index contributed by atoms with van der Waals surface area (Å²) in [6.07, 6.45) is 29.8. The highest BCUT2D eigenvalue weighted by molar-refractivity contribution is 5.70. The first-order valence-electron chi connectivity index (χ1n) is 22.7. The fraction of sp³-hybridized carbons (Fsp3) is 0.560. The van der Waals surface area contributed by atoms with E-state index in [1.165, 1.54) is 0 Å². The summed E-state index contributed by atoms with van der Waals surface area (Å²) in [5.41, 5.74) is 0. The summed E-state index contributed by atoms with van der Waals surface area (Å²) >= 11 is 0. The van der Waals surface area contributed by atoms with Crippen LogP contribution in [0.4, 0.5) is 0 Å². The number of allylic oxidation sites excluding steroid dienone is 20. The van der Waals surface area contributed by atoms with Crippen LogP contribution in [0.2, 0.25) is 0 Å². The van der Waals surface area contributed by atoms with Gasteiger partial charge in [0.15, 0.2) is 18.7 Å². The third-order valence-corrected chi connectivity index (χ3v) is 9.83. The van der Waals surface area contributed by atoms with Gasteiger partial charge >= 0.3 is 11.9 Å². The van der Waals surface area contributed by atoms with E-state index in [0.29, 0.717) is 25.7 Å². The van der Waals surface area contributed by atoms with Crippen molar-refractivity contribution in [2.45, 2.75) is 152 Å². The average molecular weight is 915 g/mol. The number of hydrogen-bond donors (Lipinski definition) is 7. The molecule has 2 aliphatic rings. The number of carbonyl (C=O) groups excluding carboxylic acids is 2. The minimum absolute atomic E-state index is 0.0450. The van der Waals surface area contributed by atoms with Crippen LogP contribution in [-0.2, 0) is 38.0 Å². The standard InChI is InChI=1S/C50H74O15/c1-3-5-7-9-11-13-15-17-18-19-21-22-24-26-28-30-32-41(52)60-35-38(63-42(53)33-31-29-27-25-23-20-16-14-12-10-8-6-4-2)36-61-49-48(59)46(57)44(55)40(65-49)37-62-50-47(58)45(56)43(54)39(34-51)64-50/h5-8,10-14,16-18,20-23,25-28,38-40,43-51,54-59H,3-4,9,15,19,24,29-37H2,1-2H3/b7-5+,8-6+,12-10+,13-11+,16-14+,18-17+,22-21+,23-20+,27-25+,28-26+/t38?,39-,40-,43+,44+,45?,46?,47?,48?,49-,50-/m1/s1. The molecule has 15 nitrogen and oxygen atoms in total. The van der Waals surface area contributed by atoms with Crippen LogP contribution in [0.15, 0.2) is 122 Å². The second kappa shape index (κ2) is 36.1. The van der Waals surface area contributed by atoms with Crippen molar-refractivity contribution in [1.82, 2.24) is 0 Å². The molecule has 2 aliphatic heterocycles. The molecule has 0 aromatic rings. The lowest BCUT2D eigenvalue weighted by molar-refractivity contribution is -0.332. The monoisotopic (exact) mass is 915 g/mol. The topological polar surface area (TPSA) is 231 Å². The van der Waals surface area contributed by atoms with E-state index in [2.05, 4.69) is 62.5 Å². The Balaban J connectivity index is 1.93. The zero-order valence-corrected chi connectivity index (χ0v) is 37.9. The highest BCUT2D eigenvalue weighted by Crippen LogP contribution is 2.26. The van der Waals surface area contributed by atoms with Crippen molar-refractivity contribution in [3.8, 4) is 0 Å². The SMILES string of the molecule is CC/C=C/C=C/C=C/C=C/C=C/CCCC(=O)OC(COC(=O)CC/C=C/C/C=C/C/C=C/C/C=C/C/C=C/CC)CO[C@@H]1O[C@H](CO[C@@H]2O[C@H](CO)[C@H](O)C(O)C2O)[C@H](O)C(O)C1O. The number of rotatable bonds is 31. The molecule has 15 heteroatoms. The molecule has 5 unspecified atom stereocenters. The van der Waals surface area contributed by atoms with Crippen LogP contribution in [0.3, 0.4) is 0 Å². The number of aliphatic hydroxyl groups is 7. The molecule has 7 N–H and O–H groups in total. The molecule has 364 valence electrons. The maximum atomic E-state index is 12.9. The van der Waals surface area contributed by atoms with Gasteiger partial charge in [-0.05, 0) is 57.8 Å². The van der Waals surface area contributed by atoms with Crippen molar-refractivity contribution >= 4 is 11.9 Å². The first-order chi connectivity index (χ1) is 31.5. The third kappa shape index (κ3) is 24.8. The van der Waals surface area contributed by atoms with E-state index >= 15 is 0 Å². The van der Waals surface area contributed by atoms with Gasteiger partial charge in [0.25, 0.3) is 0 Å². The van der Waals surface area contributed by atoms with Crippen molar-refractivity contribution in [2.75, 3.05) is 26.4 Å². The molecule has 2 rings (SSSR count). The Morgan fingerprint density at radius 3 is 1.57 bits per heavy atom. The molecule has 2 saturated heterocycles. The van der Waals surface area contributed by atoms with Crippen LogP contribution in [0.25, 0.3) is 0 Å². The largest absolute Gasteiger partial charge is 0.462 e. The summed E-state index contributed by atoms with van der Waals surface area (Å²) < 4.78 is 33.2. The van der Waals surface area contributed by atoms with Gasteiger partial charge in [0, 0.05) is 12.8 Å². The Kier molecular flexibility index (Phi) is 31.6. The van der Waals surface area contributed by atoms with Gasteiger partial charge < -0.3 is 64.2 Å². The van der Waals surface area contributed by atoms with E-state index in [0.717, 1.165) is 32.1 Å². The zero-order chi connectivity index (χ0) is 47.5. The van der Waals surface area contributed by atoms with Gasteiger partial charge in [0.2, 0.25) is 0 Å². The van der Waals surface area contributed by atoms with E-state index in [1.807, 2.05) is 72.9 Å². The van der Waals surface area contributed by atoms with Gasteiger partial charge in [-0.3, -0.25) is 9.59 Å².